The van der Waals surface area contributed by atoms with Crippen LogP contribution in [0.3, 0.4) is 0 Å². The van der Waals surface area contributed by atoms with E-state index < -0.39 is 35.0 Å². The smallest absolute Gasteiger partial charge is 0.307 e. The molecule has 2 aromatic carbocycles. The van der Waals surface area contributed by atoms with Crippen LogP contribution in [-0.2, 0) is 14.3 Å². The Kier molecular flexibility index (Phi) is 7.24. The van der Waals surface area contributed by atoms with E-state index in [2.05, 4.69) is 5.32 Å². The Morgan fingerprint density at radius 2 is 1.93 bits per heavy atom. The van der Waals surface area contributed by atoms with E-state index in [9.17, 15) is 28.5 Å². The number of carbonyl (C=O) groups excluding carboxylic acids is 2. The number of hydrogen-bond acceptors (Lipinski definition) is 6. The van der Waals surface area contributed by atoms with Crippen LogP contribution in [-0.4, -0.2) is 29.2 Å². The second-order valence-corrected chi connectivity index (χ2v) is 6.36. The standard InChI is InChI=1S/C17H14F2N2O5S/c18-14-5-4-13(9-15(14)19)27-7-6-17(23)26-10-16(22)20-11-2-1-3-12(8-11)21(24)25/h1-5,8-9H,6-7,10H2,(H,20,22). The largest absolute Gasteiger partial charge is 0.456 e. The molecule has 10 heteroatoms. The molecule has 2 aromatic rings. The molecule has 1 amide bonds. The van der Waals surface area contributed by atoms with E-state index in [1.54, 1.807) is 0 Å². The third kappa shape index (κ3) is 6.66. The molecule has 0 saturated heterocycles. The number of amides is 1. The number of thioether (sulfide) groups is 1. The highest BCUT2D eigenvalue weighted by atomic mass is 32.2. The van der Waals surface area contributed by atoms with Gasteiger partial charge in [-0.3, -0.25) is 19.7 Å². The van der Waals surface area contributed by atoms with Crippen LogP contribution < -0.4 is 5.32 Å². The summed E-state index contributed by atoms with van der Waals surface area (Å²) < 4.78 is 30.7. The van der Waals surface area contributed by atoms with Crippen molar-refractivity contribution in [3.8, 4) is 0 Å². The predicted molar refractivity (Wildman–Crippen MR) is 94.4 cm³/mol. The number of ether oxygens (including phenoxy) is 1. The van der Waals surface area contributed by atoms with Crippen LogP contribution in [0.25, 0.3) is 0 Å². The number of halogens is 2. The Balaban J connectivity index is 1.71. The van der Waals surface area contributed by atoms with Gasteiger partial charge in [0.15, 0.2) is 18.2 Å². The maximum atomic E-state index is 13.1. The maximum absolute atomic E-state index is 13.1. The highest BCUT2D eigenvalue weighted by Gasteiger charge is 2.11. The number of carbonyl (C=O) groups is 2. The summed E-state index contributed by atoms with van der Waals surface area (Å²) in [5.41, 5.74) is 0.0261. The number of esters is 1. The van der Waals surface area contributed by atoms with Gasteiger partial charge in [0.05, 0.1) is 11.3 Å². The lowest BCUT2D eigenvalue weighted by atomic mass is 10.3. The van der Waals surface area contributed by atoms with E-state index in [1.807, 2.05) is 0 Å². The van der Waals surface area contributed by atoms with E-state index in [1.165, 1.54) is 30.3 Å². The van der Waals surface area contributed by atoms with E-state index in [4.69, 9.17) is 4.74 Å². The first-order valence-corrected chi connectivity index (χ1v) is 8.61. The number of hydrogen-bond donors (Lipinski definition) is 1. The maximum Gasteiger partial charge on any atom is 0.307 e. The van der Waals surface area contributed by atoms with Crippen molar-refractivity contribution in [3.63, 3.8) is 0 Å². The van der Waals surface area contributed by atoms with Crippen LogP contribution in [0.2, 0.25) is 0 Å². The number of anilines is 1. The Morgan fingerprint density at radius 3 is 2.63 bits per heavy atom. The summed E-state index contributed by atoms with van der Waals surface area (Å²) in [5, 5.41) is 13.1. The quantitative estimate of drug-likeness (QED) is 0.317. The summed E-state index contributed by atoms with van der Waals surface area (Å²) in [6.45, 7) is -0.544. The zero-order valence-electron chi connectivity index (χ0n) is 13.8. The Labute approximate surface area is 156 Å². The average Bonchev–Trinajstić information content (AvgIpc) is 2.63. The number of nitro benzene ring substituents is 1. The summed E-state index contributed by atoms with van der Waals surface area (Å²) in [4.78, 5) is 33.9. The molecule has 0 saturated carbocycles. The van der Waals surface area contributed by atoms with Gasteiger partial charge in [0.1, 0.15) is 0 Å². The fourth-order valence-corrected chi connectivity index (χ4v) is 2.79. The molecule has 27 heavy (non-hydrogen) atoms. The second kappa shape index (κ2) is 9.62. The van der Waals surface area contributed by atoms with Crippen molar-refractivity contribution in [1.29, 1.82) is 0 Å². The zero-order chi connectivity index (χ0) is 19.8. The monoisotopic (exact) mass is 396 g/mol. The lowest BCUT2D eigenvalue weighted by Crippen LogP contribution is -2.21. The number of nitro groups is 1. The Hall–Kier alpha value is -3.01. The van der Waals surface area contributed by atoms with Crippen LogP contribution >= 0.6 is 11.8 Å². The SMILES string of the molecule is O=C(COC(=O)CCSc1ccc(F)c(F)c1)Nc1cccc([N+](=O)[O-])c1. The molecule has 0 aliphatic heterocycles. The van der Waals surface area contributed by atoms with Gasteiger partial charge in [-0.15, -0.1) is 11.8 Å². The Bertz CT molecular complexity index is 863. The molecule has 1 N–H and O–H groups in total. The molecule has 2 rings (SSSR count). The van der Waals surface area contributed by atoms with E-state index in [0.717, 1.165) is 23.9 Å². The first-order chi connectivity index (χ1) is 12.8. The highest BCUT2D eigenvalue weighted by Crippen LogP contribution is 2.21. The topological polar surface area (TPSA) is 98.5 Å². The minimum atomic E-state index is -0.972. The lowest BCUT2D eigenvalue weighted by molar-refractivity contribution is -0.384. The fourth-order valence-electron chi connectivity index (χ4n) is 1.93. The van der Waals surface area contributed by atoms with Gasteiger partial charge in [0.2, 0.25) is 0 Å². The summed E-state index contributed by atoms with van der Waals surface area (Å²) in [6.07, 6.45) is -0.0340. The van der Waals surface area contributed by atoms with E-state index >= 15 is 0 Å². The number of non-ortho nitro benzene ring substituents is 1. The summed E-state index contributed by atoms with van der Waals surface area (Å²) in [5.74, 6) is -2.94. The fraction of sp³-hybridized carbons (Fsp3) is 0.176. The lowest BCUT2D eigenvalue weighted by Gasteiger charge is -2.07. The van der Waals surface area contributed by atoms with Gasteiger partial charge in [-0.2, -0.15) is 0 Å². The van der Waals surface area contributed by atoms with Crippen molar-refractivity contribution in [2.75, 3.05) is 17.7 Å². The van der Waals surface area contributed by atoms with Crippen molar-refractivity contribution in [2.45, 2.75) is 11.3 Å². The van der Waals surface area contributed by atoms with Gasteiger partial charge in [0, 0.05) is 28.5 Å². The van der Waals surface area contributed by atoms with Gasteiger partial charge in [-0.05, 0) is 24.3 Å². The van der Waals surface area contributed by atoms with Crippen LogP contribution in [0.5, 0.6) is 0 Å². The van der Waals surface area contributed by atoms with Crippen molar-refractivity contribution < 1.29 is 28.0 Å². The van der Waals surface area contributed by atoms with E-state index in [0.29, 0.717) is 4.90 Å². The third-order valence-electron chi connectivity index (χ3n) is 3.17. The number of nitrogens with zero attached hydrogens (tertiary/aromatic N) is 1. The third-order valence-corrected chi connectivity index (χ3v) is 4.17. The molecule has 0 bridgehead atoms. The Morgan fingerprint density at radius 1 is 1.15 bits per heavy atom. The molecule has 0 fully saturated rings. The molecule has 0 radical (unpaired) electrons. The van der Waals surface area contributed by atoms with Crippen molar-refractivity contribution in [1.82, 2.24) is 0 Å². The van der Waals surface area contributed by atoms with Gasteiger partial charge in [0.25, 0.3) is 11.6 Å². The number of nitrogens with one attached hydrogen (secondary N) is 1. The molecule has 0 heterocycles. The van der Waals surface area contributed by atoms with Crippen molar-refractivity contribution >= 4 is 35.0 Å². The normalized spacial score (nSPS) is 10.3. The first-order valence-electron chi connectivity index (χ1n) is 7.63. The van der Waals surface area contributed by atoms with Crippen LogP contribution in [0.1, 0.15) is 6.42 Å². The minimum absolute atomic E-state index is 0.0340. The number of rotatable bonds is 8. The zero-order valence-corrected chi connectivity index (χ0v) is 14.6. The molecular formula is C17H14F2N2O5S. The number of benzene rings is 2. The molecule has 0 aromatic heterocycles. The summed E-state index contributed by atoms with van der Waals surface area (Å²) in [6, 6.07) is 8.74. The van der Waals surface area contributed by atoms with Crippen molar-refractivity contribution in [3.05, 3.63) is 64.2 Å². The average molecular weight is 396 g/mol. The molecule has 0 aliphatic carbocycles. The minimum Gasteiger partial charge on any atom is -0.456 e. The van der Waals surface area contributed by atoms with Crippen LogP contribution in [0.4, 0.5) is 20.2 Å². The molecular weight excluding hydrogens is 382 g/mol. The van der Waals surface area contributed by atoms with E-state index in [-0.39, 0.29) is 23.5 Å². The predicted octanol–water partition coefficient (Wildman–Crippen LogP) is 3.54. The molecule has 0 spiro atoms. The molecule has 142 valence electrons. The molecule has 0 aliphatic rings. The van der Waals surface area contributed by atoms with Crippen LogP contribution in [0.15, 0.2) is 47.4 Å². The molecule has 0 unspecified atom stereocenters. The highest BCUT2D eigenvalue weighted by molar-refractivity contribution is 7.99. The summed E-state index contributed by atoms with van der Waals surface area (Å²) >= 11 is 1.14. The van der Waals surface area contributed by atoms with Crippen LogP contribution in [0, 0.1) is 21.7 Å². The van der Waals surface area contributed by atoms with Gasteiger partial charge in [-0.1, -0.05) is 6.07 Å². The summed E-state index contributed by atoms with van der Waals surface area (Å²) in [7, 11) is 0. The molecule has 7 nitrogen and oxygen atoms in total. The van der Waals surface area contributed by atoms with Gasteiger partial charge >= 0.3 is 5.97 Å². The van der Waals surface area contributed by atoms with Gasteiger partial charge in [-0.25, -0.2) is 8.78 Å². The second-order valence-electron chi connectivity index (χ2n) is 5.19. The first kappa shape index (κ1) is 20.3. The van der Waals surface area contributed by atoms with Gasteiger partial charge < -0.3 is 10.1 Å². The molecule has 0 atom stereocenters. The van der Waals surface area contributed by atoms with Crippen molar-refractivity contribution in [2.24, 2.45) is 0 Å².